The first kappa shape index (κ1) is 14.4. The Morgan fingerprint density at radius 3 is 2.05 bits per heavy atom. The highest BCUT2D eigenvalue weighted by atomic mass is 19.4. The number of hydrogen-bond donors (Lipinski definition) is 0. The van der Waals surface area contributed by atoms with E-state index in [2.05, 4.69) is 0 Å². The van der Waals surface area contributed by atoms with Crippen molar-refractivity contribution in [2.45, 2.75) is 38.1 Å². The molecule has 0 radical (unpaired) electrons. The summed E-state index contributed by atoms with van der Waals surface area (Å²) in [6.07, 6.45) is -0.853. The van der Waals surface area contributed by atoms with Crippen molar-refractivity contribution in [3.63, 3.8) is 0 Å². The molecule has 3 nitrogen and oxygen atoms in total. The molecule has 1 aliphatic carbocycles. The Labute approximate surface area is 107 Å². The van der Waals surface area contributed by atoms with Crippen LogP contribution < -0.4 is 0 Å². The Hall–Kier alpha value is -1.02. The average Bonchev–Trinajstić information content (AvgIpc) is 2.55. The van der Waals surface area contributed by atoms with Gasteiger partial charge in [0.05, 0.1) is 5.41 Å². The highest BCUT2D eigenvalue weighted by Crippen LogP contribution is 2.78. The fourth-order valence-corrected chi connectivity index (χ4v) is 2.64. The molecule has 19 heavy (non-hydrogen) atoms. The third-order valence-electron chi connectivity index (χ3n) is 3.54. The summed E-state index contributed by atoms with van der Waals surface area (Å²) in [6, 6.07) is 0. The summed E-state index contributed by atoms with van der Waals surface area (Å²) in [4.78, 5) is 12.4. The lowest BCUT2D eigenvalue weighted by Crippen LogP contribution is -2.56. The number of carbonyl (C=O) groups is 1. The van der Waals surface area contributed by atoms with Crippen LogP contribution in [-0.2, 0) is 4.74 Å². The first-order valence-corrected chi connectivity index (χ1v) is 5.87. The van der Waals surface area contributed by atoms with Crippen LogP contribution in [0.15, 0.2) is 0 Å². The second-order valence-corrected chi connectivity index (χ2v) is 6.22. The lowest BCUT2D eigenvalue weighted by atomic mass is 9.75. The number of rotatable bonds is 1. The first-order valence-electron chi connectivity index (χ1n) is 5.87. The molecule has 1 saturated heterocycles. The summed E-state index contributed by atoms with van der Waals surface area (Å²) < 4.78 is 69.0. The van der Waals surface area contributed by atoms with Crippen molar-refractivity contribution in [2.24, 2.45) is 5.41 Å². The number of halogens is 5. The van der Waals surface area contributed by atoms with Crippen molar-refractivity contribution >= 4 is 13.1 Å². The standard InChI is InChI=1S/C10H14BF5NO2/c1-8(2,3)19-7(18)17-4-9(5-17)6(10(9,12)13)11(14,15)16/h6H,4-5H2,1-3H3/q-1. The van der Waals surface area contributed by atoms with Gasteiger partial charge in [0.15, 0.2) is 0 Å². The third kappa shape index (κ3) is 2.06. The first-order chi connectivity index (χ1) is 8.31. The minimum atomic E-state index is -5.60. The van der Waals surface area contributed by atoms with Gasteiger partial charge in [-0.1, -0.05) is 0 Å². The van der Waals surface area contributed by atoms with E-state index < -0.39 is 48.9 Å². The SMILES string of the molecule is CC(C)(C)OC(=O)N1CC2(C1)C([B-](F)(F)F)C2(F)F. The van der Waals surface area contributed by atoms with E-state index in [4.69, 9.17) is 4.74 Å². The van der Waals surface area contributed by atoms with Crippen LogP contribution in [-0.4, -0.2) is 42.6 Å². The largest absolute Gasteiger partial charge is 0.488 e. The summed E-state index contributed by atoms with van der Waals surface area (Å²) in [7, 11) is 0. The molecule has 110 valence electrons. The lowest BCUT2D eigenvalue weighted by molar-refractivity contribution is -0.0416. The van der Waals surface area contributed by atoms with Crippen molar-refractivity contribution in [1.29, 1.82) is 0 Å². The maximum absolute atomic E-state index is 13.3. The fraction of sp³-hybridized carbons (Fsp3) is 0.900. The van der Waals surface area contributed by atoms with Crippen LogP contribution in [0.2, 0.25) is 5.82 Å². The molecular formula is C10H14BF5NO2-. The topological polar surface area (TPSA) is 29.5 Å². The van der Waals surface area contributed by atoms with E-state index in [1.54, 1.807) is 20.8 Å². The maximum atomic E-state index is 13.3. The van der Waals surface area contributed by atoms with Gasteiger partial charge in [0.2, 0.25) is 5.92 Å². The van der Waals surface area contributed by atoms with Crippen molar-refractivity contribution < 1.29 is 31.3 Å². The van der Waals surface area contributed by atoms with Crippen LogP contribution in [0.5, 0.6) is 0 Å². The number of likely N-dealkylation sites (tertiary alicyclic amines) is 1. The molecule has 1 amide bonds. The number of hydrogen-bond acceptors (Lipinski definition) is 2. The van der Waals surface area contributed by atoms with Gasteiger partial charge in [-0.3, -0.25) is 0 Å². The molecule has 9 heteroatoms. The fourth-order valence-electron chi connectivity index (χ4n) is 2.64. The normalized spacial score (nSPS) is 28.0. The van der Waals surface area contributed by atoms with E-state index in [9.17, 15) is 26.5 Å². The zero-order valence-electron chi connectivity index (χ0n) is 10.7. The van der Waals surface area contributed by atoms with Crippen LogP contribution in [0.1, 0.15) is 20.8 Å². The van der Waals surface area contributed by atoms with Crippen molar-refractivity contribution in [3.05, 3.63) is 0 Å². The van der Waals surface area contributed by atoms with Gasteiger partial charge in [0, 0.05) is 18.9 Å². The smallest absolute Gasteiger partial charge is 0.449 e. The summed E-state index contributed by atoms with van der Waals surface area (Å²) in [5, 5.41) is 0. The summed E-state index contributed by atoms with van der Waals surface area (Å²) >= 11 is 0. The molecule has 1 aliphatic heterocycles. The minimum Gasteiger partial charge on any atom is -0.449 e. The number of alkyl halides is 2. The average molecular weight is 286 g/mol. The molecule has 2 aliphatic rings. The highest BCUT2D eigenvalue weighted by Gasteiger charge is 2.87. The Morgan fingerprint density at radius 2 is 1.74 bits per heavy atom. The van der Waals surface area contributed by atoms with Crippen molar-refractivity contribution in [1.82, 2.24) is 4.90 Å². The molecule has 1 spiro atoms. The predicted molar refractivity (Wildman–Crippen MR) is 58.0 cm³/mol. The van der Waals surface area contributed by atoms with Crippen LogP contribution in [0.3, 0.4) is 0 Å². The number of nitrogens with zero attached hydrogens (tertiary/aromatic N) is 1. The van der Waals surface area contributed by atoms with Crippen molar-refractivity contribution in [3.8, 4) is 0 Å². The van der Waals surface area contributed by atoms with Gasteiger partial charge in [0.1, 0.15) is 5.60 Å². The predicted octanol–water partition coefficient (Wildman–Crippen LogP) is 3.09. The van der Waals surface area contributed by atoms with E-state index in [-0.39, 0.29) is 0 Å². The number of ether oxygens (including phenoxy) is 1. The second kappa shape index (κ2) is 3.55. The van der Waals surface area contributed by atoms with Gasteiger partial charge < -0.3 is 22.6 Å². The molecule has 2 fully saturated rings. The summed E-state index contributed by atoms with van der Waals surface area (Å²) in [5.41, 5.74) is -2.92. The highest BCUT2D eigenvalue weighted by molar-refractivity contribution is 6.62. The zero-order valence-corrected chi connectivity index (χ0v) is 10.7. The quantitative estimate of drug-likeness (QED) is 0.547. The van der Waals surface area contributed by atoms with Crippen molar-refractivity contribution in [2.75, 3.05) is 13.1 Å². The van der Waals surface area contributed by atoms with Gasteiger partial charge in [-0.25, -0.2) is 13.6 Å². The zero-order chi connectivity index (χ0) is 14.9. The van der Waals surface area contributed by atoms with E-state index >= 15 is 0 Å². The Balaban J connectivity index is 1.99. The summed E-state index contributed by atoms with van der Waals surface area (Å²) in [6.45, 7) is -2.02. The molecule has 2 rings (SSSR count). The Kier molecular flexibility index (Phi) is 2.69. The molecule has 1 atom stereocenters. The molecule has 0 aromatic carbocycles. The van der Waals surface area contributed by atoms with Crippen LogP contribution in [0, 0.1) is 5.41 Å². The van der Waals surface area contributed by atoms with Crippen LogP contribution >= 0.6 is 0 Å². The van der Waals surface area contributed by atoms with Gasteiger partial charge in [0.25, 0.3) is 0 Å². The molecule has 0 bridgehead atoms. The second-order valence-electron chi connectivity index (χ2n) is 6.22. The molecule has 1 saturated carbocycles. The van der Waals surface area contributed by atoms with Crippen LogP contribution in [0.25, 0.3) is 0 Å². The maximum Gasteiger partial charge on any atom is 0.488 e. The van der Waals surface area contributed by atoms with Crippen LogP contribution in [0.4, 0.5) is 26.5 Å². The third-order valence-corrected chi connectivity index (χ3v) is 3.54. The Morgan fingerprint density at radius 1 is 1.26 bits per heavy atom. The molecule has 0 N–H and O–H groups in total. The Bertz CT molecular complexity index is 411. The lowest BCUT2D eigenvalue weighted by Gasteiger charge is -2.42. The molecule has 1 heterocycles. The molecule has 1 unspecified atom stereocenters. The van der Waals surface area contributed by atoms with E-state index in [0.717, 1.165) is 4.90 Å². The minimum absolute atomic E-state index is 0.596. The monoisotopic (exact) mass is 286 g/mol. The van der Waals surface area contributed by atoms with E-state index in [1.165, 1.54) is 0 Å². The van der Waals surface area contributed by atoms with E-state index in [1.807, 2.05) is 0 Å². The molecular weight excluding hydrogens is 272 g/mol. The number of amides is 1. The van der Waals surface area contributed by atoms with Gasteiger partial charge in [-0.2, -0.15) is 0 Å². The molecule has 0 aromatic rings. The van der Waals surface area contributed by atoms with Gasteiger partial charge >= 0.3 is 13.1 Å². The van der Waals surface area contributed by atoms with Gasteiger partial charge in [-0.15, -0.1) is 0 Å². The van der Waals surface area contributed by atoms with Gasteiger partial charge in [-0.05, 0) is 20.8 Å². The number of carbonyl (C=O) groups excluding carboxylic acids is 1. The summed E-state index contributed by atoms with van der Waals surface area (Å²) in [5.74, 6) is -6.34. The van der Waals surface area contributed by atoms with E-state index in [0.29, 0.717) is 0 Å². The molecule has 0 aromatic heterocycles.